The van der Waals surface area contributed by atoms with E-state index in [9.17, 15) is 14.4 Å². The van der Waals surface area contributed by atoms with Gasteiger partial charge in [-0.15, -0.1) is 0 Å². The van der Waals surface area contributed by atoms with Gasteiger partial charge in [0, 0.05) is 18.9 Å². The normalized spacial score (nSPS) is 10.0. The summed E-state index contributed by atoms with van der Waals surface area (Å²) in [4.78, 5) is 32.6. The summed E-state index contributed by atoms with van der Waals surface area (Å²) in [7, 11) is 0. The Balaban J connectivity index is 3.26. The molecule has 0 aromatic carbocycles. The van der Waals surface area contributed by atoms with Crippen LogP contribution in [0.15, 0.2) is 12.7 Å². The fourth-order valence-corrected chi connectivity index (χ4v) is 1.88. The van der Waals surface area contributed by atoms with Gasteiger partial charge in [-0.3, -0.25) is 9.59 Å². The van der Waals surface area contributed by atoms with E-state index in [1.165, 1.54) is 0 Å². The van der Waals surface area contributed by atoms with Gasteiger partial charge in [-0.25, -0.2) is 4.79 Å². The van der Waals surface area contributed by atoms with Crippen LogP contribution in [0.3, 0.4) is 0 Å². The van der Waals surface area contributed by atoms with Crippen molar-refractivity contribution in [2.45, 2.75) is 57.8 Å². The summed E-state index contributed by atoms with van der Waals surface area (Å²) in [6.07, 6.45) is 8.84. The van der Waals surface area contributed by atoms with Crippen LogP contribution in [0.25, 0.3) is 0 Å². The quantitative estimate of drug-likeness (QED) is 0.301. The number of amides is 1. The molecule has 0 aromatic rings. The van der Waals surface area contributed by atoms with E-state index in [0.29, 0.717) is 12.8 Å². The first-order valence-corrected chi connectivity index (χ1v) is 7.79. The molecule has 6 heteroatoms. The second kappa shape index (κ2) is 14.1. The van der Waals surface area contributed by atoms with E-state index in [-0.39, 0.29) is 25.1 Å². The lowest BCUT2D eigenvalue weighted by Gasteiger charge is -2.05. The van der Waals surface area contributed by atoms with Gasteiger partial charge in [-0.2, -0.15) is 0 Å². The number of ether oxygens (including phenoxy) is 2. The largest absolute Gasteiger partial charge is 0.462 e. The van der Waals surface area contributed by atoms with Crippen LogP contribution in [0, 0.1) is 0 Å². The Morgan fingerprint density at radius 1 is 0.818 bits per heavy atom. The third-order valence-corrected chi connectivity index (χ3v) is 3.06. The van der Waals surface area contributed by atoms with Gasteiger partial charge < -0.3 is 15.2 Å². The van der Waals surface area contributed by atoms with Gasteiger partial charge >= 0.3 is 11.9 Å². The maximum absolute atomic E-state index is 11.4. The lowest BCUT2D eigenvalue weighted by atomic mass is 10.1. The molecule has 0 spiro atoms. The summed E-state index contributed by atoms with van der Waals surface area (Å²) in [5.74, 6) is -1.03. The Labute approximate surface area is 132 Å². The molecule has 0 bridgehead atoms. The Kier molecular flexibility index (Phi) is 12.9. The molecule has 22 heavy (non-hydrogen) atoms. The van der Waals surface area contributed by atoms with Crippen LogP contribution < -0.4 is 5.73 Å². The van der Waals surface area contributed by atoms with Gasteiger partial charge in [0.25, 0.3) is 0 Å². The van der Waals surface area contributed by atoms with Gasteiger partial charge in [0.2, 0.25) is 5.91 Å². The molecule has 0 heterocycles. The standard InChI is InChI=1S/C16H27NO5/c1-2-15(19)21-12-13-22-16(20)11-9-7-5-3-4-6-8-10-14(17)18/h2H,1,3-13H2,(H2,17,18). The van der Waals surface area contributed by atoms with Crippen molar-refractivity contribution in [1.82, 2.24) is 0 Å². The van der Waals surface area contributed by atoms with Crippen LogP contribution in [0.4, 0.5) is 0 Å². The predicted octanol–water partition coefficient (Wildman–Crippen LogP) is 2.25. The summed E-state index contributed by atoms with van der Waals surface area (Å²) in [5, 5.41) is 0. The first-order valence-electron chi connectivity index (χ1n) is 7.79. The molecule has 0 aliphatic carbocycles. The van der Waals surface area contributed by atoms with Crippen molar-refractivity contribution in [1.29, 1.82) is 0 Å². The average Bonchev–Trinajstić information content (AvgIpc) is 2.49. The summed E-state index contributed by atoms with van der Waals surface area (Å²) in [6, 6.07) is 0. The van der Waals surface area contributed by atoms with Crippen molar-refractivity contribution < 1.29 is 23.9 Å². The van der Waals surface area contributed by atoms with E-state index < -0.39 is 5.97 Å². The highest BCUT2D eigenvalue weighted by Gasteiger charge is 2.03. The number of primary amides is 1. The SMILES string of the molecule is C=CC(=O)OCCOC(=O)CCCCCCCCCC(N)=O. The van der Waals surface area contributed by atoms with Gasteiger partial charge in [0.1, 0.15) is 13.2 Å². The molecule has 2 N–H and O–H groups in total. The minimum absolute atomic E-state index is 0.0574. The van der Waals surface area contributed by atoms with E-state index in [1.54, 1.807) is 0 Å². The van der Waals surface area contributed by atoms with Crippen molar-refractivity contribution in [2.75, 3.05) is 13.2 Å². The lowest BCUT2D eigenvalue weighted by Crippen LogP contribution is -2.12. The second-order valence-corrected chi connectivity index (χ2v) is 5.03. The zero-order valence-electron chi connectivity index (χ0n) is 13.2. The number of hydrogen-bond acceptors (Lipinski definition) is 5. The summed E-state index contributed by atoms with van der Waals surface area (Å²) in [6.45, 7) is 3.40. The van der Waals surface area contributed by atoms with Gasteiger partial charge in [0.15, 0.2) is 0 Å². The van der Waals surface area contributed by atoms with Crippen LogP contribution in [0.1, 0.15) is 57.8 Å². The first-order chi connectivity index (χ1) is 10.6. The van der Waals surface area contributed by atoms with Crippen LogP contribution in [0.2, 0.25) is 0 Å². The maximum Gasteiger partial charge on any atom is 0.330 e. The average molecular weight is 313 g/mol. The number of nitrogens with two attached hydrogens (primary N) is 1. The third-order valence-electron chi connectivity index (χ3n) is 3.06. The van der Waals surface area contributed by atoms with Crippen molar-refractivity contribution in [2.24, 2.45) is 5.73 Å². The van der Waals surface area contributed by atoms with Crippen molar-refractivity contribution in [3.8, 4) is 0 Å². The smallest absolute Gasteiger partial charge is 0.330 e. The summed E-state index contributed by atoms with van der Waals surface area (Å²) >= 11 is 0. The molecule has 0 saturated heterocycles. The van der Waals surface area contributed by atoms with E-state index in [1.807, 2.05) is 0 Å². The fraction of sp³-hybridized carbons (Fsp3) is 0.688. The lowest BCUT2D eigenvalue weighted by molar-refractivity contribution is -0.149. The fourth-order valence-electron chi connectivity index (χ4n) is 1.88. The molecule has 0 rings (SSSR count). The predicted molar refractivity (Wildman–Crippen MR) is 82.9 cm³/mol. The molecule has 0 aliphatic heterocycles. The third kappa shape index (κ3) is 14.6. The maximum atomic E-state index is 11.4. The Morgan fingerprint density at radius 2 is 1.32 bits per heavy atom. The van der Waals surface area contributed by atoms with Crippen LogP contribution >= 0.6 is 0 Å². The van der Waals surface area contributed by atoms with Crippen LogP contribution in [-0.2, 0) is 23.9 Å². The van der Waals surface area contributed by atoms with Gasteiger partial charge in [0.05, 0.1) is 0 Å². The zero-order valence-corrected chi connectivity index (χ0v) is 13.2. The van der Waals surface area contributed by atoms with Crippen molar-refractivity contribution in [3.63, 3.8) is 0 Å². The summed E-state index contributed by atoms with van der Waals surface area (Å²) < 4.78 is 9.61. The Hall–Kier alpha value is -1.85. The minimum Gasteiger partial charge on any atom is -0.462 e. The number of carbonyl (C=O) groups excluding carboxylic acids is 3. The molecule has 6 nitrogen and oxygen atoms in total. The van der Waals surface area contributed by atoms with E-state index in [4.69, 9.17) is 10.5 Å². The highest BCUT2D eigenvalue weighted by molar-refractivity contribution is 5.81. The van der Waals surface area contributed by atoms with E-state index >= 15 is 0 Å². The summed E-state index contributed by atoms with van der Waals surface area (Å²) in [5.41, 5.74) is 5.06. The van der Waals surface area contributed by atoms with Crippen molar-refractivity contribution >= 4 is 17.8 Å². The number of hydrogen-bond donors (Lipinski definition) is 1. The van der Waals surface area contributed by atoms with Crippen LogP contribution in [-0.4, -0.2) is 31.1 Å². The van der Waals surface area contributed by atoms with Crippen LogP contribution in [0.5, 0.6) is 0 Å². The monoisotopic (exact) mass is 313 g/mol. The number of esters is 2. The zero-order chi connectivity index (χ0) is 16.6. The first kappa shape index (κ1) is 20.1. The molecular formula is C16H27NO5. The topological polar surface area (TPSA) is 95.7 Å². The van der Waals surface area contributed by atoms with Gasteiger partial charge in [-0.05, 0) is 12.8 Å². The molecule has 0 atom stereocenters. The number of unbranched alkanes of at least 4 members (excludes halogenated alkanes) is 6. The van der Waals surface area contributed by atoms with E-state index in [2.05, 4.69) is 11.3 Å². The van der Waals surface area contributed by atoms with Crippen molar-refractivity contribution in [3.05, 3.63) is 12.7 Å². The second-order valence-electron chi connectivity index (χ2n) is 5.03. The van der Waals surface area contributed by atoms with E-state index in [0.717, 1.165) is 51.0 Å². The molecule has 0 saturated carbocycles. The Bertz CT molecular complexity index is 354. The Morgan fingerprint density at radius 3 is 1.86 bits per heavy atom. The minimum atomic E-state index is -0.521. The molecule has 0 aliphatic rings. The molecule has 0 radical (unpaired) electrons. The highest BCUT2D eigenvalue weighted by Crippen LogP contribution is 2.09. The number of carbonyl (C=O) groups is 3. The molecular weight excluding hydrogens is 286 g/mol. The number of rotatable bonds is 14. The molecule has 0 aromatic heterocycles. The molecule has 0 unspecified atom stereocenters. The molecule has 126 valence electrons. The highest BCUT2D eigenvalue weighted by atomic mass is 16.6. The van der Waals surface area contributed by atoms with Gasteiger partial charge in [-0.1, -0.05) is 38.7 Å². The molecule has 0 fully saturated rings. The molecule has 1 amide bonds.